The second-order valence-electron chi connectivity index (χ2n) is 11.7. The van der Waals surface area contributed by atoms with Gasteiger partial charge in [0, 0.05) is 23.9 Å². The Labute approximate surface area is 238 Å². The van der Waals surface area contributed by atoms with Crippen LogP contribution in [0.5, 0.6) is 0 Å². The maximum absolute atomic E-state index is 9.28. The summed E-state index contributed by atoms with van der Waals surface area (Å²) in [6.45, 7) is 4.33. The van der Waals surface area contributed by atoms with Gasteiger partial charge in [0.25, 0.3) is 0 Å². The number of allylic oxidation sites excluding steroid dienone is 4. The molecule has 1 fully saturated rings. The summed E-state index contributed by atoms with van der Waals surface area (Å²) in [5.74, 6) is 0.576. The van der Waals surface area contributed by atoms with Crippen LogP contribution in [0, 0.1) is 17.2 Å². The van der Waals surface area contributed by atoms with Crippen LogP contribution in [0.4, 0.5) is 0 Å². The van der Waals surface area contributed by atoms with Crippen LogP contribution in [0.2, 0.25) is 0 Å². The summed E-state index contributed by atoms with van der Waals surface area (Å²) in [6.07, 6.45) is 18.3. The lowest BCUT2D eigenvalue weighted by Crippen LogP contribution is -2.16. The fourth-order valence-corrected chi connectivity index (χ4v) is 6.51. The lowest BCUT2D eigenvalue weighted by molar-refractivity contribution is 0.0152. The van der Waals surface area contributed by atoms with E-state index in [1.54, 1.807) is 0 Å². The van der Waals surface area contributed by atoms with Gasteiger partial charge in [-0.15, -0.1) is 0 Å². The SMILES string of the molecule is C[C@@H]1CC=C(Cc2ccc(C3=C(C4CCC4)c4cccc(-c5ccc(C#N)cc5)c4CCC=C3)cn2)C[C@H](C)O1. The molecule has 6 rings (SSSR count). The molecule has 1 aliphatic heterocycles. The zero-order valence-corrected chi connectivity index (χ0v) is 23.7. The van der Waals surface area contributed by atoms with E-state index < -0.39 is 0 Å². The molecule has 40 heavy (non-hydrogen) atoms. The third-order valence-corrected chi connectivity index (χ3v) is 8.74. The van der Waals surface area contributed by atoms with Gasteiger partial charge in [-0.05, 0) is 110 Å². The third-order valence-electron chi connectivity index (χ3n) is 8.74. The fraction of sp³-hybridized carbons (Fsp3) is 0.351. The molecule has 0 amide bonds. The summed E-state index contributed by atoms with van der Waals surface area (Å²) in [5, 5.41) is 9.28. The molecule has 3 nitrogen and oxygen atoms in total. The molecule has 2 aromatic carbocycles. The molecule has 2 atom stereocenters. The fourth-order valence-electron chi connectivity index (χ4n) is 6.51. The van der Waals surface area contributed by atoms with Gasteiger partial charge in [-0.25, -0.2) is 0 Å². The van der Waals surface area contributed by atoms with Crippen molar-refractivity contribution in [3.8, 4) is 17.2 Å². The van der Waals surface area contributed by atoms with Gasteiger partial charge in [-0.1, -0.05) is 66.6 Å². The molecule has 2 heterocycles. The van der Waals surface area contributed by atoms with Crippen LogP contribution >= 0.6 is 0 Å². The smallest absolute Gasteiger partial charge is 0.0991 e. The number of nitrogens with zero attached hydrogens (tertiary/aromatic N) is 2. The van der Waals surface area contributed by atoms with Crippen LogP contribution in [0.15, 0.2) is 84.6 Å². The average Bonchev–Trinajstić information content (AvgIpc) is 3.09. The Morgan fingerprint density at radius 3 is 2.48 bits per heavy atom. The molecule has 0 N–H and O–H groups in total. The van der Waals surface area contributed by atoms with Gasteiger partial charge in [0.2, 0.25) is 0 Å². The predicted molar refractivity (Wildman–Crippen MR) is 163 cm³/mol. The van der Waals surface area contributed by atoms with Gasteiger partial charge in [-0.3, -0.25) is 4.98 Å². The number of benzene rings is 2. The van der Waals surface area contributed by atoms with E-state index in [2.05, 4.69) is 86.8 Å². The van der Waals surface area contributed by atoms with Crippen LogP contribution in [-0.4, -0.2) is 17.2 Å². The number of hydrogen-bond acceptors (Lipinski definition) is 3. The molecule has 1 saturated carbocycles. The maximum atomic E-state index is 9.28. The lowest BCUT2D eigenvalue weighted by atomic mass is 9.72. The van der Waals surface area contributed by atoms with Crippen molar-refractivity contribution in [2.45, 2.75) is 77.4 Å². The zero-order valence-electron chi connectivity index (χ0n) is 23.7. The molecule has 3 heteroatoms. The van der Waals surface area contributed by atoms with Crippen LogP contribution in [0.1, 0.15) is 80.3 Å². The summed E-state index contributed by atoms with van der Waals surface area (Å²) < 4.78 is 6.03. The quantitative estimate of drug-likeness (QED) is 0.312. The van der Waals surface area contributed by atoms with Gasteiger partial charge in [0.1, 0.15) is 0 Å². The molecule has 0 unspecified atom stereocenters. The third kappa shape index (κ3) is 5.60. The highest BCUT2D eigenvalue weighted by atomic mass is 16.5. The number of nitriles is 1. The second-order valence-corrected chi connectivity index (χ2v) is 11.7. The Bertz CT molecular complexity index is 1500. The number of pyridine rings is 1. The van der Waals surface area contributed by atoms with Crippen molar-refractivity contribution >= 4 is 11.1 Å². The van der Waals surface area contributed by atoms with Crippen molar-refractivity contribution in [3.63, 3.8) is 0 Å². The van der Waals surface area contributed by atoms with Crippen LogP contribution < -0.4 is 0 Å². The highest BCUT2D eigenvalue weighted by Crippen LogP contribution is 2.46. The van der Waals surface area contributed by atoms with Crippen molar-refractivity contribution in [1.29, 1.82) is 5.26 Å². The van der Waals surface area contributed by atoms with Gasteiger partial charge in [-0.2, -0.15) is 5.26 Å². The van der Waals surface area contributed by atoms with Gasteiger partial charge in [0.15, 0.2) is 0 Å². The first-order valence-corrected chi connectivity index (χ1v) is 14.9. The molecular weight excluding hydrogens is 488 g/mol. The Morgan fingerprint density at radius 2 is 1.75 bits per heavy atom. The monoisotopic (exact) mass is 526 g/mol. The average molecular weight is 527 g/mol. The topological polar surface area (TPSA) is 45.9 Å². The summed E-state index contributed by atoms with van der Waals surface area (Å²) in [4.78, 5) is 4.98. The van der Waals surface area contributed by atoms with Crippen LogP contribution in [-0.2, 0) is 17.6 Å². The first-order valence-electron chi connectivity index (χ1n) is 14.9. The van der Waals surface area contributed by atoms with E-state index >= 15 is 0 Å². The minimum Gasteiger partial charge on any atom is -0.375 e. The Kier molecular flexibility index (Phi) is 7.80. The standard InChI is InChI=1S/C37H38N2O/c1-25-13-14-28(21-26(2)40-25)22-32-20-19-31(24-39-32)34-9-3-4-10-35-33(29-17-15-27(23-38)16-18-29)11-6-12-36(35)37(34)30-7-5-8-30/h3,6,9,11-12,14-20,24-26,30H,4-5,7-8,10,13,21-22H2,1-2H3/t25-,26+/m1/s1. The minimum atomic E-state index is 0.257. The number of aromatic nitrogens is 1. The minimum absolute atomic E-state index is 0.257. The molecule has 0 saturated heterocycles. The summed E-state index contributed by atoms with van der Waals surface area (Å²) >= 11 is 0. The molecule has 2 aliphatic carbocycles. The van der Waals surface area contributed by atoms with Crippen molar-refractivity contribution in [1.82, 2.24) is 4.98 Å². The van der Waals surface area contributed by atoms with Crippen molar-refractivity contribution in [3.05, 3.63) is 113 Å². The highest BCUT2D eigenvalue weighted by Gasteiger charge is 2.29. The van der Waals surface area contributed by atoms with E-state index in [0.29, 0.717) is 11.5 Å². The van der Waals surface area contributed by atoms with E-state index in [0.717, 1.165) is 37.8 Å². The van der Waals surface area contributed by atoms with Crippen molar-refractivity contribution < 1.29 is 4.74 Å². The van der Waals surface area contributed by atoms with Crippen LogP contribution in [0.25, 0.3) is 22.3 Å². The van der Waals surface area contributed by atoms with Crippen LogP contribution in [0.3, 0.4) is 0 Å². The number of ether oxygens (including phenoxy) is 1. The number of rotatable bonds is 5. The van der Waals surface area contributed by atoms with Gasteiger partial charge >= 0.3 is 0 Å². The summed E-state index contributed by atoms with van der Waals surface area (Å²) in [7, 11) is 0. The molecule has 3 aromatic rings. The van der Waals surface area contributed by atoms with E-state index in [1.165, 1.54) is 63.8 Å². The Hall–Kier alpha value is -3.74. The van der Waals surface area contributed by atoms with Crippen molar-refractivity contribution in [2.24, 2.45) is 5.92 Å². The second kappa shape index (κ2) is 11.8. The summed E-state index contributed by atoms with van der Waals surface area (Å²) in [5.41, 5.74) is 12.6. The zero-order chi connectivity index (χ0) is 27.5. The number of hydrogen-bond donors (Lipinski definition) is 0. The highest BCUT2D eigenvalue weighted by molar-refractivity contribution is 5.98. The number of fused-ring (bicyclic) bond motifs is 1. The molecule has 1 aromatic heterocycles. The van der Waals surface area contributed by atoms with E-state index in [4.69, 9.17) is 9.72 Å². The molecular formula is C37H38N2O. The van der Waals surface area contributed by atoms with E-state index in [9.17, 15) is 5.26 Å². The van der Waals surface area contributed by atoms with Gasteiger partial charge < -0.3 is 4.74 Å². The van der Waals surface area contributed by atoms with E-state index in [1.807, 2.05) is 12.1 Å². The molecule has 0 spiro atoms. The first-order chi connectivity index (χ1) is 19.6. The molecule has 202 valence electrons. The van der Waals surface area contributed by atoms with Gasteiger partial charge in [0.05, 0.1) is 23.8 Å². The maximum Gasteiger partial charge on any atom is 0.0991 e. The molecule has 3 aliphatic rings. The van der Waals surface area contributed by atoms with Crippen molar-refractivity contribution in [2.75, 3.05) is 0 Å². The summed E-state index contributed by atoms with van der Waals surface area (Å²) in [6, 6.07) is 21.6. The lowest BCUT2D eigenvalue weighted by Gasteiger charge is -2.33. The molecule has 0 bridgehead atoms. The normalized spacial score (nSPS) is 21.4. The largest absolute Gasteiger partial charge is 0.375 e. The Balaban J connectivity index is 1.38. The molecule has 0 radical (unpaired) electrons. The predicted octanol–water partition coefficient (Wildman–Crippen LogP) is 8.89. The first kappa shape index (κ1) is 26.5. The van der Waals surface area contributed by atoms with E-state index in [-0.39, 0.29) is 12.2 Å². The Morgan fingerprint density at radius 1 is 0.950 bits per heavy atom.